The van der Waals surface area contributed by atoms with Crippen LogP contribution in [0.4, 0.5) is 0 Å². The number of nitrogens with zero attached hydrogens (tertiary/aromatic N) is 2. The molecule has 0 radical (unpaired) electrons. The summed E-state index contributed by atoms with van der Waals surface area (Å²) in [5.41, 5.74) is 4.92. The summed E-state index contributed by atoms with van der Waals surface area (Å²) in [4.78, 5) is 0. The Morgan fingerprint density at radius 2 is 2.33 bits per heavy atom. The zero-order chi connectivity index (χ0) is 7.28. The highest BCUT2D eigenvalue weighted by Gasteiger charge is 1.91. The number of nitrogens with one attached hydrogen (secondary N) is 1. The molecule has 0 saturated heterocycles. The van der Waals surface area contributed by atoms with Crippen LogP contribution in [0.1, 0.15) is 20.3 Å². The molecule has 0 aromatic carbocycles. The third-order valence-electron chi connectivity index (χ3n) is 0.953. The summed E-state index contributed by atoms with van der Waals surface area (Å²) in [5.74, 6) is -0.227. The molecule has 0 amide bonds. The zero-order valence-corrected chi connectivity index (χ0v) is 5.76. The maximum Gasteiger partial charge on any atom is 0.232 e. The van der Waals surface area contributed by atoms with Crippen molar-refractivity contribution >= 4 is 5.96 Å². The van der Waals surface area contributed by atoms with Gasteiger partial charge >= 0.3 is 0 Å². The molecule has 0 saturated carbocycles. The first-order valence-electron chi connectivity index (χ1n) is 2.91. The molecule has 4 heteroatoms. The molecule has 0 spiro atoms. The van der Waals surface area contributed by atoms with E-state index in [1.54, 1.807) is 0 Å². The summed E-state index contributed by atoms with van der Waals surface area (Å²) in [6.07, 6.45) is 0.927. The number of nitrogens with two attached hydrogens (primary N) is 1. The molecule has 3 N–H and O–H groups in total. The molecular weight excluding hydrogens is 116 g/mol. The third kappa shape index (κ3) is 4.93. The van der Waals surface area contributed by atoms with E-state index < -0.39 is 0 Å². The van der Waals surface area contributed by atoms with Gasteiger partial charge in [0, 0.05) is 0 Å². The zero-order valence-electron chi connectivity index (χ0n) is 5.76. The van der Waals surface area contributed by atoms with E-state index in [9.17, 15) is 0 Å². The van der Waals surface area contributed by atoms with Crippen LogP contribution in [0.15, 0.2) is 10.2 Å². The van der Waals surface area contributed by atoms with Crippen molar-refractivity contribution in [3.05, 3.63) is 0 Å². The van der Waals surface area contributed by atoms with Gasteiger partial charge in [0.25, 0.3) is 0 Å². The van der Waals surface area contributed by atoms with Gasteiger partial charge in [0.2, 0.25) is 5.96 Å². The van der Waals surface area contributed by atoms with Crippen LogP contribution in [0.2, 0.25) is 0 Å². The Morgan fingerprint density at radius 3 is 2.67 bits per heavy atom. The standard InChI is InChI=1S/C5H12N4/c1-3-4(2)8-9-5(6)7/h4H,3H2,1-2H3,(H3,6,7). The molecule has 0 bridgehead atoms. The van der Waals surface area contributed by atoms with Crippen molar-refractivity contribution in [2.75, 3.05) is 0 Å². The lowest BCUT2D eigenvalue weighted by Gasteiger charge is -1.95. The molecule has 0 aliphatic heterocycles. The highest BCUT2D eigenvalue weighted by Crippen LogP contribution is 1.94. The molecule has 4 nitrogen and oxygen atoms in total. The maximum atomic E-state index is 6.68. The Kier molecular flexibility index (Phi) is 3.59. The minimum Gasteiger partial charge on any atom is -0.367 e. The molecule has 0 aromatic rings. The van der Waals surface area contributed by atoms with Crippen molar-refractivity contribution in [1.29, 1.82) is 5.41 Å². The summed E-state index contributed by atoms with van der Waals surface area (Å²) in [6, 6.07) is 0.175. The summed E-state index contributed by atoms with van der Waals surface area (Å²) in [5, 5.41) is 13.8. The van der Waals surface area contributed by atoms with Gasteiger partial charge in [-0.3, -0.25) is 5.41 Å². The van der Waals surface area contributed by atoms with Gasteiger partial charge in [-0.15, -0.1) is 5.11 Å². The van der Waals surface area contributed by atoms with Gasteiger partial charge < -0.3 is 5.73 Å². The van der Waals surface area contributed by atoms with E-state index in [-0.39, 0.29) is 12.0 Å². The van der Waals surface area contributed by atoms with E-state index in [0.717, 1.165) is 6.42 Å². The molecule has 0 aliphatic rings. The number of hydrogen-bond donors (Lipinski definition) is 2. The van der Waals surface area contributed by atoms with Crippen LogP contribution < -0.4 is 5.73 Å². The number of rotatable bonds is 2. The molecule has 0 aromatic heterocycles. The number of guanidine groups is 1. The lowest BCUT2D eigenvalue weighted by atomic mass is 10.3. The van der Waals surface area contributed by atoms with E-state index in [0.29, 0.717) is 0 Å². The van der Waals surface area contributed by atoms with Crippen LogP contribution in [0.5, 0.6) is 0 Å². The van der Waals surface area contributed by atoms with Gasteiger partial charge in [0.05, 0.1) is 6.04 Å². The molecule has 52 valence electrons. The molecule has 9 heavy (non-hydrogen) atoms. The van der Waals surface area contributed by atoms with Gasteiger partial charge in [-0.2, -0.15) is 5.11 Å². The van der Waals surface area contributed by atoms with Gasteiger partial charge in [-0.1, -0.05) is 6.92 Å². The molecule has 0 aliphatic carbocycles. The van der Waals surface area contributed by atoms with E-state index in [4.69, 9.17) is 11.1 Å². The Bertz CT molecular complexity index is 118. The van der Waals surface area contributed by atoms with Crippen LogP contribution in [-0.4, -0.2) is 12.0 Å². The largest absolute Gasteiger partial charge is 0.367 e. The van der Waals surface area contributed by atoms with Crippen molar-refractivity contribution in [3.63, 3.8) is 0 Å². The van der Waals surface area contributed by atoms with Crippen molar-refractivity contribution in [2.24, 2.45) is 16.0 Å². The quantitative estimate of drug-likeness (QED) is 0.326. The van der Waals surface area contributed by atoms with Gasteiger partial charge in [-0.25, -0.2) is 0 Å². The highest BCUT2D eigenvalue weighted by atomic mass is 15.2. The predicted molar refractivity (Wildman–Crippen MR) is 36.5 cm³/mol. The van der Waals surface area contributed by atoms with Crippen LogP contribution in [0, 0.1) is 5.41 Å². The number of azo groups is 1. The van der Waals surface area contributed by atoms with Crippen LogP contribution in [-0.2, 0) is 0 Å². The van der Waals surface area contributed by atoms with Crippen LogP contribution >= 0.6 is 0 Å². The highest BCUT2D eigenvalue weighted by molar-refractivity contribution is 5.74. The topological polar surface area (TPSA) is 74.6 Å². The lowest BCUT2D eigenvalue weighted by Crippen LogP contribution is -2.05. The lowest BCUT2D eigenvalue weighted by molar-refractivity contribution is 0.682. The minimum absolute atomic E-state index is 0.175. The Balaban J connectivity index is 3.56. The van der Waals surface area contributed by atoms with Crippen LogP contribution in [0.3, 0.4) is 0 Å². The SMILES string of the molecule is CCC(C)N=NC(=N)N. The normalized spacial score (nSPS) is 14.0. The molecule has 1 atom stereocenters. The Hall–Kier alpha value is -0.930. The molecule has 1 unspecified atom stereocenters. The molecule has 0 heterocycles. The first-order chi connectivity index (χ1) is 4.16. The fraction of sp³-hybridized carbons (Fsp3) is 0.800. The second-order valence-corrected chi connectivity index (χ2v) is 1.86. The average Bonchev–Trinajstić information content (AvgIpc) is 1.83. The Morgan fingerprint density at radius 1 is 1.78 bits per heavy atom. The number of hydrogen-bond acceptors (Lipinski definition) is 2. The van der Waals surface area contributed by atoms with E-state index in [1.807, 2.05) is 13.8 Å². The predicted octanol–water partition coefficient (Wildman–Crippen LogP) is 1.13. The van der Waals surface area contributed by atoms with Crippen molar-refractivity contribution in [3.8, 4) is 0 Å². The smallest absolute Gasteiger partial charge is 0.232 e. The molecular formula is C5H12N4. The molecule has 0 fully saturated rings. The molecule has 0 rings (SSSR count). The van der Waals surface area contributed by atoms with Crippen molar-refractivity contribution in [1.82, 2.24) is 0 Å². The van der Waals surface area contributed by atoms with E-state index in [2.05, 4.69) is 10.2 Å². The fourth-order valence-corrected chi connectivity index (χ4v) is 0.242. The van der Waals surface area contributed by atoms with Gasteiger partial charge in [0.1, 0.15) is 0 Å². The first kappa shape index (κ1) is 8.07. The van der Waals surface area contributed by atoms with E-state index >= 15 is 0 Å². The Labute approximate surface area is 54.7 Å². The fourth-order valence-electron chi connectivity index (χ4n) is 0.242. The summed E-state index contributed by atoms with van der Waals surface area (Å²) in [7, 11) is 0. The second-order valence-electron chi connectivity index (χ2n) is 1.86. The van der Waals surface area contributed by atoms with Gasteiger partial charge in [-0.05, 0) is 13.3 Å². The minimum atomic E-state index is -0.227. The van der Waals surface area contributed by atoms with Crippen molar-refractivity contribution in [2.45, 2.75) is 26.3 Å². The van der Waals surface area contributed by atoms with E-state index in [1.165, 1.54) is 0 Å². The van der Waals surface area contributed by atoms with Gasteiger partial charge in [0.15, 0.2) is 0 Å². The summed E-state index contributed by atoms with van der Waals surface area (Å²) < 4.78 is 0. The second kappa shape index (κ2) is 4.00. The maximum absolute atomic E-state index is 6.68. The van der Waals surface area contributed by atoms with Crippen LogP contribution in [0.25, 0.3) is 0 Å². The summed E-state index contributed by atoms with van der Waals surface area (Å²) >= 11 is 0. The third-order valence-corrected chi connectivity index (χ3v) is 0.953. The first-order valence-corrected chi connectivity index (χ1v) is 2.91. The van der Waals surface area contributed by atoms with Crippen molar-refractivity contribution < 1.29 is 0 Å². The average molecular weight is 128 g/mol. The summed E-state index contributed by atoms with van der Waals surface area (Å²) in [6.45, 7) is 3.93. The monoisotopic (exact) mass is 128 g/mol.